The molecule has 0 aliphatic heterocycles. The summed E-state index contributed by atoms with van der Waals surface area (Å²) in [5, 5.41) is 0. The van der Waals surface area contributed by atoms with E-state index in [4.69, 9.17) is 9.47 Å². The van der Waals surface area contributed by atoms with Gasteiger partial charge in [0.15, 0.2) is 18.2 Å². The van der Waals surface area contributed by atoms with E-state index in [0.29, 0.717) is 11.1 Å². The summed E-state index contributed by atoms with van der Waals surface area (Å²) >= 11 is 3.12. The molecule has 0 aliphatic carbocycles. The number of ether oxygens (including phenoxy) is 2. The molecule has 0 bridgehead atoms. The Bertz CT molecular complexity index is 368. The van der Waals surface area contributed by atoms with Crippen molar-refractivity contribution in [2.45, 2.75) is 13.3 Å². The Kier molecular flexibility index (Phi) is 5.25. The minimum Gasteiger partial charge on any atom is -0.479 e. The van der Waals surface area contributed by atoms with E-state index in [2.05, 4.69) is 15.9 Å². The van der Waals surface area contributed by atoms with Crippen molar-refractivity contribution < 1.29 is 18.7 Å². The average molecular weight is 291 g/mol. The van der Waals surface area contributed by atoms with Crippen molar-refractivity contribution in [1.29, 1.82) is 0 Å². The predicted molar refractivity (Wildman–Crippen MR) is 60.8 cm³/mol. The van der Waals surface area contributed by atoms with Crippen molar-refractivity contribution in [2.75, 3.05) is 13.2 Å². The lowest BCUT2D eigenvalue weighted by Gasteiger charge is -2.07. The Morgan fingerprint density at radius 1 is 1.50 bits per heavy atom. The molecule has 0 spiro atoms. The van der Waals surface area contributed by atoms with E-state index < -0.39 is 11.8 Å². The van der Waals surface area contributed by atoms with Gasteiger partial charge in [0, 0.05) is 4.47 Å². The number of carbonyl (C=O) groups excluding carboxylic acids is 1. The Morgan fingerprint density at radius 3 is 2.88 bits per heavy atom. The normalized spacial score (nSPS) is 9.94. The molecule has 16 heavy (non-hydrogen) atoms. The molecule has 1 aromatic carbocycles. The number of hydrogen-bond donors (Lipinski definition) is 0. The monoisotopic (exact) mass is 290 g/mol. The maximum Gasteiger partial charge on any atom is 0.344 e. The summed E-state index contributed by atoms with van der Waals surface area (Å²) in [6, 6.07) is 4.36. The van der Waals surface area contributed by atoms with Crippen molar-refractivity contribution in [3.8, 4) is 5.75 Å². The summed E-state index contributed by atoms with van der Waals surface area (Å²) in [5.74, 6) is -0.974. The van der Waals surface area contributed by atoms with E-state index in [1.807, 2.05) is 6.92 Å². The first-order valence-electron chi connectivity index (χ1n) is 4.87. The summed E-state index contributed by atoms with van der Waals surface area (Å²) in [6.45, 7) is 1.96. The first-order valence-corrected chi connectivity index (χ1v) is 5.66. The lowest BCUT2D eigenvalue weighted by atomic mass is 10.3. The summed E-state index contributed by atoms with van der Waals surface area (Å²) < 4.78 is 23.6. The maximum atomic E-state index is 13.2. The van der Waals surface area contributed by atoms with Gasteiger partial charge in [-0.1, -0.05) is 22.9 Å². The fourth-order valence-electron chi connectivity index (χ4n) is 0.987. The van der Waals surface area contributed by atoms with Gasteiger partial charge in [-0.25, -0.2) is 9.18 Å². The Balaban J connectivity index is 2.45. The highest BCUT2D eigenvalue weighted by molar-refractivity contribution is 9.10. The van der Waals surface area contributed by atoms with Gasteiger partial charge in [0.1, 0.15) is 0 Å². The highest BCUT2D eigenvalue weighted by atomic mass is 79.9. The Hall–Kier alpha value is -1.10. The van der Waals surface area contributed by atoms with E-state index in [9.17, 15) is 9.18 Å². The van der Waals surface area contributed by atoms with Crippen LogP contribution >= 0.6 is 15.9 Å². The molecule has 0 unspecified atom stereocenters. The van der Waals surface area contributed by atoms with Gasteiger partial charge in [-0.2, -0.15) is 0 Å². The van der Waals surface area contributed by atoms with Crippen LogP contribution in [0, 0.1) is 5.82 Å². The van der Waals surface area contributed by atoms with Crippen LogP contribution in [-0.2, 0) is 9.53 Å². The third-order valence-electron chi connectivity index (χ3n) is 1.71. The minimum absolute atomic E-state index is 0.0386. The van der Waals surface area contributed by atoms with E-state index in [0.717, 1.165) is 6.42 Å². The fourth-order valence-corrected chi connectivity index (χ4v) is 1.32. The molecular formula is C11H12BrFO3. The van der Waals surface area contributed by atoms with E-state index in [-0.39, 0.29) is 12.4 Å². The second-order valence-electron chi connectivity index (χ2n) is 3.08. The van der Waals surface area contributed by atoms with Crippen LogP contribution in [0.3, 0.4) is 0 Å². The Labute approximate surface area is 102 Å². The number of hydrogen-bond acceptors (Lipinski definition) is 3. The van der Waals surface area contributed by atoms with Gasteiger partial charge in [-0.3, -0.25) is 0 Å². The van der Waals surface area contributed by atoms with Gasteiger partial charge in [0.2, 0.25) is 0 Å². The third kappa shape index (κ3) is 4.18. The highest BCUT2D eigenvalue weighted by Crippen LogP contribution is 2.21. The quantitative estimate of drug-likeness (QED) is 0.782. The van der Waals surface area contributed by atoms with E-state index in [1.54, 1.807) is 6.07 Å². The smallest absolute Gasteiger partial charge is 0.344 e. The molecule has 0 N–H and O–H groups in total. The lowest BCUT2D eigenvalue weighted by molar-refractivity contribution is -0.146. The second kappa shape index (κ2) is 6.48. The van der Waals surface area contributed by atoms with Crippen molar-refractivity contribution in [2.24, 2.45) is 0 Å². The molecule has 0 atom stereocenters. The zero-order valence-electron chi connectivity index (χ0n) is 8.83. The molecule has 0 heterocycles. The second-order valence-corrected chi connectivity index (χ2v) is 4.00. The molecule has 0 aliphatic rings. The van der Waals surface area contributed by atoms with Crippen LogP contribution in [0.4, 0.5) is 4.39 Å². The first-order chi connectivity index (χ1) is 7.63. The molecule has 1 aromatic rings. The van der Waals surface area contributed by atoms with Gasteiger partial charge in [0.25, 0.3) is 0 Å². The van der Waals surface area contributed by atoms with Crippen molar-refractivity contribution in [3.05, 3.63) is 28.5 Å². The third-order valence-corrected chi connectivity index (χ3v) is 2.20. The van der Waals surface area contributed by atoms with Crippen LogP contribution in [-0.4, -0.2) is 19.2 Å². The molecule has 0 aromatic heterocycles. The molecule has 0 fully saturated rings. The number of carbonyl (C=O) groups is 1. The van der Waals surface area contributed by atoms with Crippen LogP contribution in [0.1, 0.15) is 13.3 Å². The molecular weight excluding hydrogens is 279 g/mol. The van der Waals surface area contributed by atoms with Crippen LogP contribution in [0.5, 0.6) is 5.75 Å². The zero-order chi connectivity index (χ0) is 12.0. The Morgan fingerprint density at radius 2 is 2.25 bits per heavy atom. The van der Waals surface area contributed by atoms with Crippen molar-refractivity contribution in [1.82, 2.24) is 0 Å². The van der Waals surface area contributed by atoms with E-state index in [1.165, 1.54) is 12.1 Å². The van der Waals surface area contributed by atoms with Crippen LogP contribution in [0.2, 0.25) is 0 Å². The van der Waals surface area contributed by atoms with Crippen molar-refractivity contribution >= 4 is 21.9 Å². The highest BCUT2D eigenvalue weighted by Gasteiger charge is 2.07. The molecule has 0 amide bonds. The summed E-state index contributed by atoms with van der Waals surface area (Å²) in [7, 11) is 0. The summed E-state index contributed by atoms with van der Waals surface area (Å²) in [4.78, 5) is 11.1. The number of halogens is 2. The number of esters is 1. The molecule has 88 valence electrons. The van der Waals surface area contributed by atoms with Crippen molar-refractivity contribution in [3.63, 3.8) is 0 Å². The number of rotatable bonds is 5. The molecule has 3 nitrogen and oxygen atoms in total. The standard InChI is InChI=1S/C11H12BrFO3/c1-2-5-15-11(14)7-16-10-4-3-8(12)6-9(10)13/h3-4,6H,2,5,7H2,1H3. The molecule has 1 rings (SSSR count). The SMILES string of the molecule is CCCOC(=O)COc1ccc(Br)cc1F. The van der Waals surface area contributed by atoms with Gasteiger partial charge in [-0.05, 0) is 24.6 Å². The van der Waals surface area contributed by atoms with Crippen LogP contribution < -0.4 is 4.74 Å². The molecule has 0 saturated carbocycles. The predicted octanol–water partition coefficient (Wildman–Crippen LogP) is 2.92. The average Bonchev–Trinajstić information content (AvgIpc) is 2.25. The largest absolute Gasteiger partial charge is 0.479 e. The topological polar surface area (TPSA) is 35.5 Å². The van der Waals surface area contributed by atoms with Gasteiger partial charge >= 0.3 is 5.97 Å². The van der Waals surface area contributed by atoms with Gasteiger partial charge in [0.05, 0.1) is 6.61 Å². The zero-order valence-corrected chi connectivity index (χ0v) is 10.4. The van der Waals surface area contributed by atoms with Gasteiger partial charge in [-0.15, -0.1) is 0 Å². The lowest BCUT2D eigenvalue weighted by Crippen LogP contribution is -2.15. The maximum absolute atomic E-state index is 13.2. The van der Waals surface area contributed by atoms with E-state index >= 15 is 0 Å². The molecule has 5 heteroatoms. The van der Waals surface area contributed by atoms with Gasteiger partial charge < -0.3 is 9.47 Å². The molecule has 0 radical (unpaired) electrons. The molecule has 0 saturated heterocycles. The fraction of sp³-hybridized carbons (Fsp3) is 0.364. The number of benzene rings is 1. The summed E-state index contributed by atoms with van der Waals surface area (Å²) in [6.07, 6.45) is 0.748. The minimum atomic E-state index is -0.516. The summed E-state index contributed by atoms with van der Waals surface area (Å²) in [5.41, 5.74) is 0. The van der Waals surface area contributed by atoms with Crippen LogP contribution in [0.15, 0.2) is 22.7 Å². The first kappa shape index (κ1) is 13.0. The van der Waals surface area contributed by atoms with Crippen LogP contribution in [0.25, 0.3) is 0 Å².